The Hall–Kier alpha value is -2.66. The van der Waals surface area contributed by atoms with Gasteiger partial charge in [0.15, 0.2) is 6.10 Å². The molecule has 0 amide bonds. The van der Waals surface area contributed by atoms with E-state index in [-0.39, 0.29) is 25.2 Å². The lowest BCUT2D eigenvalue weighted by Crippen LogP contribution is -2.28. The van der Waals surface area contributed by atoms with Crippen molar-refractivity contribution in [2.45, 2.75) is 161 Å². The van der Waals surface area contributed by atoms with Gasteiger partial charge in [0.25, 0.3) is 0 Å². The number of ether oxygens (including phenoxy) is 2. The lowest BCUT2D eigenvalue weighted by molar-refractivity contribution is -0.161. The number of hydrogen-bond donors (Lipinski definition) is 1. The van der Waals surface area contributed by atoms with Crippen LogP contribution in [0.1, 0.15) is 155 Å². The van der Waals surface area contributed by atoms with Crippen molar-refractivity contribution in [2.75, 3.05) is 13.2 Å². The summed E-state index contributed by atoms with van der Waals surface area (Å²) in [5.74, 6) is -0.669. The molecule has 0 spiro atoms. The Balaban J connectivity index is 3.72. The van der Waals surface area contributed by atoms with Crippen LogP contribution >= 0.6 is 0 Å². The molecule has 0 aromatic rings. The van der Waals surface area contributed by atoms with E-state index in [9.17, 15) is 14.7 Å². The number of hydrogen-bond acceptors (Lipinski definition) is 5. The third-order valence-corrected chi connectivity index (χ3v) is 7.47. The lowest BCUT2D eigenvalue weighted by Gasteiger charge is -2.15. The summed E-state index contributed by atoms with van der Waals surface area (Å²) in [5.41, 5.74) is 0. The van der Waals surface area contributed by atoms with E-state index in [0.29, 0.717) is 12.8 Å². The van der Waals surface area contributed by atoms with Crippen molar-refractivity contribution in [3.63, 3.8) is 0 Å². The highest BCUT2D eigenvalue weighted by molar-refractivity contribution is 5.70. The molecule has 0 fully saturated rings. The van der Waals surface area contributed by atoms with Crippen molar-refractivity contribution in [3.8, 4) is 0 Å². The average molecular weight is 641 g/mol. The van der Waals surface area contributed by atoms with Crippen LogP contribution in [0, 0.1) is 0 Å². The zero-order chi connectivity index (χ0) is 33.6. The Labute approximate surface area is 283 Å². The van der Waals surface area contributed by atoms with Crippen LogP contribution in [-0.4, -0.2) is 36.4 Å². The first-order chi connectivity index (χ1) is 22.6. The number of aliphatic hydroxyl groups excluding tert-OH is 1. The molecule has 0 bridgehead atoms. The molecule has 0 aromatic heterocycles. The first-order valence-corrected chi connectivity index (χ1v) is 18.5. The predicted octanol–water partition coefficient (Wildman–Crippen LogP) is 11.4. The molecule has 5 heteroatoms. The maximum Gasteiger partial charge on any atom is 0.306 e. The minimum absolute atomic E-state index is 0.0987. The van der Waals surface area contributed by atoms with Gasteiger partial charge in [-0.15, -0.1) is 0 Å². The van der Waals surface area contributed by atoms with Gasteiger partial charge >= 0.3 is 11.9 Å². The number of carbonyl (C=O) groups excluding carboxylic acids is 2. The van der Waals surface area contributed by atoms with Gasteiger partial charge in [0.2, 0.25) is 0 Å². The Morgan fingerprint density at radius 3 is 1.33 bits per heavy atom. The van der Waals surface area contributed by atoms with Gasteiger partial charge in [0.1, 0.15) is 6.61 Å². The van der Waals surface area contributed by atoms with Crippen LogP contribution in [0.2, 0.25) is 0 Å². The van der Waals surface area contributed by atoms with Gasteiger partial charge in [0.05, 0.1) is 6.61 Å². The third-order valence-electron chi connectivity index (χ3n) is 7.47. The molecule has 0 rings (SSSR count). The summed E-state index contributed by atoms with van der Waals surface area (Å²) < 4.78 is 10.5. The molecule has 0 aliphatic rings. The molecule has 0 aliphatic heterocycles. The van der Waals surface area contributed by atoms with Crippen molar-refractivity contribution in [1.82, 2.24) is 0 Å². The van der Waals surface area contributed by atoms with Gasteiger partial charge in [-0.05, 0) is 89.9 Å². The number of esters is 2. The first kappa shape index (κ1) is 43.3. The van der Waals surface area contributed by atoms with E-state index in [2.05, 4.69) is 86.8 Å². The predicted molar refractivity (Wildman–Crippen MR) is 196 cm³/mol. The van der Waals surface area contributed by atoms with Gasteiger partial charge in [-0.3, -0.25) is 9.59 Å². The highest BCUT2D eigenvalue weighted by atomic mass is 16.6. The van der Waals surface area contributed by atoms with Crippen LogP contribution in [-0.2, 0) is 19.1 Å². The molecule has 1 N–H and O–H groups in total. The molecule has 0 aromatic carbocycles. The van der Waals surface area contributed by atoms with Gasteiger partial charge in [-0.2, -0.15) is 0 Å². The molecule has 0 saturated heterocycles. The molecule has 1 atom stereocenters. The van der Waals surface area contributed by atoms with Crippen LogP contribution in [0.5, 0.6) is 0 Å². The molecule has 0 aliphatic carbocycles. The fourth-order valence-corrected chi connectivity index (χ4v) is 4.62. The summed E-state index contributed by atoms with van der Waals surface area (Å²) in [4.78, 5) is 24.2. The Morgan fingerprint density at radius 1 is 0.500 bits per heavy atom. The Morgan fingerprint density at radius 2 is 0.870 bits per heavy atom. The van der Waals surface area contributed by atoms with E-state index in [0.717, 1.165) is 77.0 Å². The zero-order valence-electron chi connectivity index (χ0n) is 29.6. The molecule has 5 nitrogen and oxygen atoms in total. The second-order valence-corrected chi connectivity index (χ2v) is 11.9. The molecule has 262 valence electrons. The minimum atomic E-state index is -0.801. The number of carbonyl (C=O) groups is 2. The first-order valence-electron chi connectivity index (χ1n) is 18.5. The van der Waals surface area contributed by atoms with Crippen molar-refractivity contribution in [2.24, 2.45) is 0 Å². The lowest BCUT2D eigenvalue weighted by atomic mass is 10.1. The minimum Gasteiger partial charge on any atom is -0.462 e. The van der Waals surface area contributed by atoms with Gasteiger partial charge in [-0.25, -0.2) is 0 Å². The van der Waals surface area contributed by atoms with Gasteiger partial charge in [-0.1, -0.05) is 125 Å². The highest BCUT2D eigenvalue weighted by Gasteiger charge is 2.16. The SMILES string of the molecule is CCCCCC=CCC=CCC=CCCCCCCC(=O)OC(CO)COC(=O)CCCCC=CCC=CCC=CCCCCC. The molecule has 0 heterocycles. The molecular formula is C41H68O5. The zero-order valence-corrected chi connectivity index (χ0v) is 29.6. The summed E-state index contributed by atoms with van der Waals surface area (Å²) in [6.07, 6.45) is 48.1. The number of unbranched alkanes of at least 4 members (excludes halogenated alkanes) is 12. The smallest absolute Gasteiger partial charge is 0.306 e. The van der Waals surface area contributed by atoms with Crippen LogP contribution < -0.4 is 0 Å². The maximum atomic E-state index is 12.1. The van der Waals surface area contributed by atoms with Crippen LogP contribution in [0.3, 0.4) is 0 Å². The van der Waals surface area contributed by atoms with Gasteiger partial charge in [0, 0.05) is 12.8 Å². The van der Waals surface area contributed by atoms with Crippen LogP contribution in [0.4, 0.5) is 0 Å². The van der Waals surface area contributed by atoms with E-state index in [1.807, 2.05) is 0 Å². The number of aliphatic hydroxyl groups is 1. The molecule has 46 heavy (non-hydrogen) atoms. The third kappa shape index (κ3) is 34.2. The summed E-state index contributed by atoms with van der Waals surface area (Å²) in [6.45, 7) is 4.00. The summed E-state index contributed by atoms with van der Waals surface area (Å²) in [5, 5.41) is 9.53. The van der Waals surface area contributed by atoms with Crippen molar-refractivity contribution >= 4 is 11.9 Å². The molecule has 1 unspecified atom stereocenters. The highest BCUT2D eigenvalue weighted by Crippen LogP contribution is 2.09. The molecule has 0 radical (unpaired) electrons. The Bertz CT molecular complexity index is 864. The standard InChI is InChI=1S/C41H68O5/c1-3-5-7-9-11-13-15-17-19-20-22-24-26-28-30-32-34-36-41(44)46-39(37-42)38-45-40(43)35-33-31-29-27-25-23-21-18-16-14-12-10-8-6-4-2/h11-14,17-19,21-22,24-25,27,39,42H,3-10,15-16,20,23,26,28-38H2,1-2H3. The van der Waals surface area contributed by atoms with E-state index in [1.54, 1.807) is 0 Å². The quantitative estimate of drug-likeness (QED) is 0.0450. The van der Waals surface area contributed by atoms with Crippen molar-refractivity contribution in [1.29, 1.82) is 0 Å². The number of allylic oxidation sites excluding steroid dienone is 12. The van der Waals surface area contributed by atoms with E-state index in [1.165, 1.54) is 51.4 Å². The maximum absolute atomic E-state index is 12.1. The molecular weight excluding hydrogens is 572 g/mol. The second-order valence-electron chi connectivity index (χ2n) is 11.9. The normalized spacial score (nSPS) is 13.0. The van der Waals surface area contributed by atoms with E-state index >= 15 is 0 Å². The fraction of sp³-hybridized carbons (Fsp3) is 0.659. The Kier molecular flexibility index (Phi) is 34.7. The average Bonchev–Trinajstić information content (AvgIpc) is 3.06. The van der Waals surface area contributed by atoms with Crippen molar-refractivity contribution < 1.29 is 24.2 Å². The second kappa shape index (κ2) is 36.8. The van der Waals surface area contributed by atoms with Crippen LogP contribution in [0.15, 0.2) is 72.9 Å². The monoisotopic (exact) mass is 641 g/mol. The van der Waals surface area contributed by atoms with E-state index in [4.69, 9.17) is 9.47 Å². The number of rotatable bonds is 32. The topological polar surface area (TPSA) is 72.8 Å². The fourth-order valence-electron chi connectivity index (χ4n) is 4.62. The van der Waals surface area contributed by atoms with E-state index < -0.39 is 6.10 Å². The largest absolute Gasteiger partial charge is 0.462 e. The summed E-state index contributed by atoms with van der Waals surface area (Å²) >= 11 is 0. The van der Waals surface area contributed by atoms with Crippen molar-refractivity contribution in [3.05, 3.63) is 72.9 Å². The summed E-state index contributed by atoms with van der Waals surface area (Å²) in [7, 11) is 0. The van der Waals surface area contributed by atoms with Gasteiger partial charge < -0.3 is 14.6 Å². The summed E-state index contributed by atoms with van der Waals surface area (Å²) in [6, 6.07) is 0. The van der Waals surface area contributed by atoms with Crippen LogP contribution in [0.25, 0.3) is 0 Å². The molecule has 0 saturated carbocycles.